The zero-order valence-electron chi connectivity index (χ0n) is 11.4. The van der Waals surface area contributed by atoms with Crippen molar-refractivity contribution in [3.63, 3.8) is 0 Å². The van der Waals surface area contributed by atoms with Crippen LogP contribution in [-0.4, -0.2) is 25.7 Å². The van der Waals surface area contributed by atoms with Gasteiger partial charge in [-0.1, -0.05) is 6.92 Å². The van der Waals surface area contributed by atoms with E-state index in [1.54, 1.807) is 11.3 Å². The number of guanidine groups is 1. The number of hydrogen-bond donors (Lipinski definition) is 2. The van der Waals surface area contributed by atoms with Gasteiger partial charge in [-0.3, -0.25) is 4.99 Å². The molecule has 116 valence electrons. The number of alkyl halides is 3. The van der Waals surface area contributed by atoms with Crippen molar-refractivity contribution in [3.05, 3.63) is 21.9 Å². The molecule has 8 heteroatoms. The van der Waals surface area contributed by atoms with Gasteiger partial charge in [-0.2, -0.15) is 13.2 Å². The fourth-order valence-electron chi connectivity index (χ4n) is 1.42. The van der Waals surface area contributed by atoms with Crippen LogP contribution in [0.5, 0.6) is 0 Å². The Morgan fingerprint density at radius 1 is 1.25 bits per heavy atom. The highest BCUT2D eigenvalue weighted by Crippen LogP contribution is 2.18. The summed E-state index contributed by atoms with van der Waals surface area (Å²) in [6.45, 7) is 2.48. The van der Waals surface area contributed by atoms with Crippen LogP contribution in [0.25, 0.3) is 0 Å². The highest BCUT2D eigenvalue weighted by Gasteiger charge is 2.26. The molecule has 0 saturated heterocycles. The molecule has 0 saturated carbocycles. The summed E-state index contributed by atoms with van der Waals surface area (Å²) in [6, 6.07) is 4.07. The average molecular weight is 421 g/mol. The molecule has 0 spiro atoms. The molecule has 0 atom stereocenters. The molecule has 0 unspecified atom stereocenters. The van der Waals surface area contributed by atoms with Crippen LogP contribution < -0.4 is 10.6 Å². The third kappa shape index (κ3) is 7.93. The Labute approximate surface area is 138 Å². The van der Waals surface area contributed by atoms with Crippen LogP contribution >= 0.6 is 35.3 Å². The van der Waals surface area contributed by atoms with Gasteiger partial charge in [0.15, 0.2) is 5.96 Å². The van der Waals surface area contributed by atoms with Crippen molar-refractivity contribution in [2.45, 2.75) is 32.5 Å². The zero-order valence-corrected chi connectivity index (χ0v) is 14.5. The van der Waals surface area contributed by atoms with Crippen LogP contribution in [0.15, 0.2) is 17.1 Å². The summed E-state index contributed by atoms with van der Waals surface area (Å²) < 4.78 is 36.0. The van der Waals surface area contributed by atoms with E-state index in [1.807, 2.05) is 6.07 Å². The molecule has 0 amide bonds. The van der Waals surface area contributed by atoms with E-state index in [9.17, 15) is 13.2 Å². The number of aliphatic imine (C=N–C) groups is 1. The van der Waals surface area contributed by atoms with Crippen LogP contribution in [0.3, 0.4) is 0 Å². The third-order valence-electron chi connectivity index (χ3n) is 2.42. The second-order valence-electron chi connectivity index (χ2n) is 3.94. The van der Waals surface area contributed by atoms with Gasteiger partial charge in [0.1, 0.15) is 0 Å². The first-order chi connectivity index (χ1) is 8.94. The maximum absolute atomic E-state index is 12.0. The maximum Gasteiger partial charge on any atom is 0.390 e. The van der Waals surface area contributed by atoms with Crippen molar-refractivity contribution in [1.82, 2.24) is 10.6 Å². The first-order valence-corrected chi connectivity index (χ1v) is 6.85. The number of thiophene rings is 1. The summed E-state index contributed by atoms with van der Waals surface area (Å²) in [5.74, 6) is 0.385. The summed E-state index contributed by atoms with van der Waals surface area (Å²) in [6.07, 6.45) is -4.02. The minimum absolute atomic E-state index is 0. The Hall–Kier alpha value is -0.510. The van der Waals surface area contributed by atoms with Gasteiger partial charge < -0.3 is 10.6 Å². The topological polar surface area (TPSA) is 36.4 Å². The van der Waals surface area contributed by atoms with E-state index in [-0.39, 0.29) is 30.5 Å². The Morgan fingerprint density at radius 2 is 1.90 bits per heavy atom. The minimum atomic E-state index is -4.14. The van der Waals surface area contributed by atoms with Crippen molar-refractivity contribution >= 4 is 41.3 Å². The Bertz CT molecular complexity index is 418. The molecule has 0 aliphatic rings. The van der Waals surface area contributed by atoms with Crippen molar-refractivity contribution in [2.75, 3.05) is 13.6 Å². The summed E-state index contributed by atoms with van der Waals surface area (Å²) in [5.41, 5.74) is 0. The molecular formula is C12H19F3IN3S. The van der Waals surface area contributed by atoms with E-state index in [0.717, 1.165) is 11.3 Å². The lowest BCUT2D eigenvalue weighted by atomic mass is 10.3. The number of hydrogen-bond acceptors (Lipinski definition) is 2. The normalized spacial score (nSPS) is 11.9. The quantitative estimate of drug-likeness (QED) is 0.434. The first-order valence-electron chi connectivity index (χ1n) is 6.03. The number of rotatable bonds is 5. The van der Waals surface area contributed by atoms with Crippen molar-refractivity contribution in [3.8, 4) is 0 Å². The van der Waals surface area contributed by atoms with E-state index < -0.39 is 12.6 Å². The number of nitrogens with one attached hydrogen (secondary N) is 2. The summed E-state index contributed by atoms with van der Waals surface area (Å²) in [4.78, 5) is 6.30. The zero-order chi connectivity index (χ0) is 14.3. The molecule has 0 aromatic carbocycles. The van der Waals surface area contributed by atoms with Crippen LogP contribution in [0.4, 0.5) is 13.2 Å². The molecule has 0 aliphatic carbocycles. The monoisotopic (exact) mass is 421 g/mol. The van der Waals surface area contributed by atoms with Crippen molar-refractivity contribution in [1.29, 1.82) is 0 Å². The summed E-state index contributed by atoms with van der Waals surface area (Å²) in [5, 5.41) is 5.63. The highest BCUT2D eigenvalue weighted by atomic mass is 127. The van der Waals surface area contributed by atoms with Gasteiger partial charge in [-0.15, -0.1) is 35.3 Å². The molecule has 0 aliphatic heterocycles. The van der Waals surface area contributed by atoms with E-state index in [0.29, 0.717) is 12.5 Å². The third-order valence-corrected chi connectivity index (χ3v) is 3.65. The predicted molar refractivity (Wildman–Crippen MR) is 88.0 cm³/mol. The van der Waals surface area contributed by atoms with Gasteiger partial charge >= 0.3 is 6.18 Å². The smallest absolute Gasteiger partial charge is 0.356 e. The van der Waals surface area contributed by atoms with Gasteiger partial charge in [0.25, 0.3) is 0 Å². The molecule has 3 nitrogen and oxygen atoms in total. The van der Waals surface area contributed by atoms with E-state index in [2.05, 4.69) is 28.6 Å². The molecule has 0 fully saturated rings. The lowest BCUT2D eigenvalue weighted by molar-refractivity contribution is -0.132. The molecule has 0 bridgehead atoms. The summed E-state index contributed by atoms with van der Waals surface area (Å²) in [7, 11) is 1.54. The van der Waals surface area contributed by atoms with Crippen molar-refractivity contribution < 1.29 is 13.2 Å². The molecule has 2 N–H and O–H groups in total. The van der Waals surface area contributed by atoms with Gasteiger partial charge in [0, 0.05) is 23.3 Å². The maximum atomic E-state index is 12.0. The number of nitrogens with zero attached hydrogens (tertiary/aromatic N) is 1. The lowest BCUT2D eigenvalue weighted by Crippen LogP contribution is -2.38. The van der Waals surface area contributed by atoms with Gasteiger partial charge in [0.2, 0.25) is 0 Å². The predicted octanol–water partition coefficient (Wildman–Crippen LogP) is 3.55. The number of aryl methyl sites for hydroxylation is 1. The van der Waals surface area contributed by atoms with E-state index in [4.69, 9.17) is 0 Å². The second kappa shape index (κ2) is 9.43. The largest absolute Gasteiger partial charge is 0.390 e. The molecule has 1 aromatic heterocycles. The molecule has 1 heterocycles. The second-order valence-corrected chi connectivity index (χ2v) is 5.19. The average Bonchev–Trinajstić information content (AvgIpc) is 2.80. The first kappa shape index (κ1) is 19.5. The molecule has 1 rings (SSSR count). The van der Waals surface area contributed by atoms with Gasteiger partial charge in [0.05, 0.1) is 13.0 Å². The van der Waals surface area contributed by atoms with Crippen LogP contribution in [-0.2, 0) is 13.0 Å². The molecule has 0 radical (unpaired) electrons. The Kier molecular flexibility index (Phi) is 9.19. The molecule has 20 heavy (non-hydrogen) atoms. The SMILES string of the molecule is CCc1ccc(CNC(=NC)NCCC(F)(F)F)s1.I. The molecule has 1 aromatic rings. The van der Waals surface area contributed by atoms with Crippen LogP contribution in [0.1, 0.15) is 23.1 Å². The standard InChI is InChI=1S/C12H18F3N3S.HI/c1-3-9-4-5-10(19-9)8-18-11(16-2)17-7-6-12(13,14)15;/h4-5H,3,6-8H2,1-2H3,(H2,16,17,18);1H. The van der Waals surface area contributed by atoms with Crippen LogP contribution in [0.2, 0.25) is 0 Å². The summed E-state index contributed by atoms with van der Waals surface area (Å²) >= 11 is 1.69. The van der Waals surface area contributed by atoms with Crippen LogP contribution in [0, 0.1) is 0 Å². The van der Waals surface area contributed by atoms with Crippen molar-refractivity contribution in [2.24, 2.45) is 4.99 Å². The van der Waals surface area contributed by atoms with E-state index in [1.165, 1.54) is 11.9 Å². The number of halogens is 4. The Morgan fingerprint density at radius 3 is 2.40 bits per heavy atom. The van der Waals surface area contributed by atoms with E-state index >= 15 is 0 Å². The lowest BCUT2D eigenvalue weighted by Gasteiger charge is -2.12. The Balaban J connectivity index is 0.00000361. The highest BCUT2D eigenvalue weighted by molar-refractivity contribution is 14.0. The fraction of sp³-hybridized carbons (Fsp3) is 0.583. The fourth-order valence-corrected chi connectivity index (χ4v) is 2.32. The molecular weight excluding hydrogens is 402 g/mol. The van der Waals surface area contributed by atoms with Gasteiger partial charge in [-0.05, 0) is 18.6 Å². The van der Waals surface area contributed by atoms with Gasteiger partial charge in [-0.25, -0.2) is 0 Å². The minimum Gasteiger partial charge on any atom is -0.356 e.